The molecule has 0 aliphatic heterocycles. The van der Waals surface area contributed by atoms with Gasteiger partial charge in [-0.2, -0.15) is 0 Å². The van der Waals surface area contributed by atoms with Crippen LogP contribution in [0.3, 0.4) is 0 Å². The number of allylic oxidation sites excluding steroid dienone is 1. The first-order chi connectivity index (χ1) is 6.02. The third kappa shape index (κ3) is 1.87. The fourth-order valence-electron chi connectivity index (χ4n) is 0.965. The van der Waals surface area contributed by atoms with Crippen molar-refractivity contribution in [2.24, 2.45) is 0 Å². The van der Waals surface area contributed by atoms with Gasteiger partial charge in [0, 0.05) is 5.69 Å². The molecule has 0 heterocycles. The Kier molecular flexibility index (Phi) is 2.37. The number of phenolic OH excluding ortho intramolecular Hbond substituents is 1. The zero-order valence-electron chi connectivity index (χ0n) is 7.37. The van der Waals surface area contributed by atoms with Crippen molar-refractivity contribution in [2.75, 3.05) is 5.73 Å². The van der Waals surface area contributed by atoms with Gasteiger partial charge in [0.1, 0.15) is 5.75 Å². The molecule has 3 nitrogen and oxygen atoms in total. The highest BCUT2D eigenvalue weighted by atomic mass is 16.3. The second kappa shape index (κ2) is 3.31. The molecular formula is C10H11NO2. The Morgan fingerprint density at radius 3 is 2.69 bits per heavy atom. The maximum Gasteiger partial charge on any atom is 0.191 e. The number of hydrogen-bond donors (Lipinski definition) is 2. The van der Waals surface area contributed by atoms with Gasteiger partial charge < -0.3 is 10.8 Å². The molecule has 0 bridgehead atoms. The molecule has 0 aliphatic rings. The van der Waals surface area contributed by atoms with Crippen molar-refractivity contribution >= 4 is 11.5 Å². The van der Waals surface area contributed by atoms with Crippen molar-refractivity contribution in [3.05, 3.63) is 35.9 Å². The highest BCUT2D eigenvalue weighted by Crippen LogP contribution is 2.21. The quantitative estimate of drug-likeness (QED) is 0.313. The Morgan fingerprint density at radius 1 is 1.54 bits per heavy atom. The smallest absolute Gasteiger partial charge is 0.191 e. The van der Waals surface area contributed by atoms with E-state index in [0.717, 1.165) is 0 Å². The summed E-state index contributed by atoms with van der Waals surface area (Å²) < 4.78 is 0. The summed E-state index contributed by atoms with van der Waals surface area (Å²) in [5.74, 6) is -0.355. The van der Waals surface area contributed by atoms with Crippen LogP contribution in [0.15, 0.2) is 30.4 Å². The molecule has 0 saturated heterocycles. The lowest BCUT2D eigenvalue weighted by Gasteiger charge is -2.03. The number of hydrogen-bond acceptors (Lipinski definition) is 3. The molecule has 0 aromatic heterocycles. The molecule has 68 valence electrons. The number of Topliss-reactive ketones (excluding diaryl/α,β-unsaturated/α-hetero) is 1. The molecule has 0 radical (unpaired) electrons. The van der Waals surface area contributed by atoms with E-state index in [2.05, 4.69) is 6.58 Å². The van der Waals surface area contributed by atoms with Gasteiger partial charge in [-0.1, -0.05) is 6.58 Å². The van der Waals surface area contributed by atoms with Crippen LogP contribution < -0.4 is 5.73 Å². The van der Waals surface area contributed by atoms with Gasteiger partial charge >= 0.3 is 0 Å². The van der Waals surface area contributed by atoms with Crippen LogP contribution in [-0.4, -0.2) is 10.9 Å². The number of carbonyl (C=O) groups excluding carboxylic acids is 1. The second-order valence-corrected chi connectivity index (χ2v) is 2.89. The van der Waals surface area contributed by atoms with Gasteiger partial charge in [0.05, 0.1) is 5.56 Å². The predicted octanol–water partition coefficient (Wildman–Crippen LogP) is 1.73. The Hall–Kier alpha value is -1.77. The lowest BCUT2D eigenvalue weighted by molar-refractivity contribution is 0.103. The largest absolute Gasteiger partial charge is 0.507 e. The SMILES string of the molecule is C=C(C)C(=O)c1cc(N)ccc1O. The third-order valence-corrected chi connectivity index (χ3v) is 1.65. The number of ketones is 1. The van der Waals surface area contributed by atoms with Gasteiger partial charge in [0.2, 0.25) is 0 Å². The molecule has 3 heteroatoms. The molecule has 1 aromatic carbocycles. The van der Waals surface area contributed by atoms with E-state index in [1.54, 1.807) is 6.92 Å². The summed E-state index contributed by atoms with van der Waals surface area (Å²) in [5, 5.41) is 9.34. The third-order valence-electron chi connectivity index (χ3n) is 1.65. The minimum Gasteiger partial charge on any atom is -0.507 e. The van der Waals surface area contributed by atoms with Crippen LogP contribution in [0.5, 0.6) is 5.75 Å². The number of nitrogen functional groups attached to an aromatic ring is 1. The Balaban J connectivity index is 3.21. The van der Waals surface area contributed by atoms with E-state index in [4.69, 9.17) is 5.73 Å². The molecule has 1 rings (SSSR count). The molecule has 3 N–H and O–H groups in total. The maximum absolute atomic E-state index is 11.4. The van der Waals surface area contributed by atoms with Crippen molar-refractivity contribution < 1.29 is 9.90 Å². The maximum atomic E-state index is 11.4. The number of rotatable bonds is 2. The molecule has 0 atom stereocenters. The normalized spacial score (nSPS) is 9.62. The number of benzene rings is 1. The van der Waals surface area contributed by atoms with Gasteiger partial charge in [0.15, 0.2) is 5.78 Å². The fraction of sp³-hybridized carbons (Fsp3) is 0.100. The van der Waals surface area contributed by atoms with E-state index in [1.165, 1.54) is 18.2 Å². The van der Waals surface area contributed by atoms with Gasteiger partial charge in [-0.05, 0) is 30.7 Å². The molecule has 0 unspecified atom stereocenters. The Labute approximate surface area is 76.5 Å². The van der Waals surface area contributed by atoms with Crippen molar-refractivity contribution in [3.8, 4) is 5.75 Å². The summed E-state index contributed by atoms with van der Waals surface area (Å²) >= 11 is 0. The van der Waals surface area contributed by atoms with Crippen molar-refractivity contribution in [1.29, 1.82) is 0 Å². The summed E-state index contributed by atoms with van der Waals surface area (Å²) in [6.45, 7) is 5.09. The number of aromatic hydroxyl groups is 1. The average molecular weight is 177 g/mol. The molecule has 1 aromatic rings. The van der Waals surface area contributed by atoms with E-state index in [-0.39, 0.29) is 17.1 Å². The van der Waals surface area contributed by atoms with E-state index >= 15 is 0 Å². The zero-order valence-corrected chi connectivity index (χ0v) is 7.37. The van der Waals surface area contributed by atoms with Crippen LogP contribution in [0.1, 0.15) is 17.3 Å². The molecular weight excluding hydrogens is 166 g/mol. The molecule has 13 heavy (non-hydrogen) atoms. The monoisotopic (exact) mass is 177 g/mol. The Bertz CT molecular complexity index is 369. The molecule has 0 fully saturated rings. The van der Waals surface area contributed by atoms with E-state index in [1.807, 2.05) is 0 Å². The molecule has 0 saturated carbocycles. The molecule has 0 spiro atoms. The molecule has 0 aliphatic carbocycles. The molecule has 0 amide bonds. The Morgan fingerprint density at radius 2 is 2.15 bits per heavy atom. The first-order valence-corrected chi connectivity index (χ1v) is 3.81. The zero-order chi connectivity index (χ0) is 10.0. The number of carbonyl (C=O) groups is 1. The van der Waals surface area contributed by atoms with Gasteiger partial charge in [-0.15, -0.1) is 0 Å². The summed E-state index contributed by atoms with van der Waals surface area (Å²) in [4.78, 5) is 11.4. The van der Waals surface area contributed by atoms with Gasteiger partial charge in [0.25, 0.3) is 0 Å². The number of nitrogens with two attached hydrogens (primary N) is 1. The summed E-state index contributed by atoms with van der Waals surface area (Å²) in [7, 11) is 0. The minimum absolute atomic E-state index is 0.0674. The average Bonchev–Trinajstić information content (AvgIpc) is 2.08. The topological polar surface area (TPSA) is 63.3 Å². The van der Waals surface area contributed by atoms with Crippen LogP contribution in [-0.2, 0) is 0 Å². The fourth-order valence-corrected chi connectivity index (χ4v) is 0.965. The van der Waals surface area contributed by atoms with Crippen molar-refractivity contribution in [2.45, 2.75) is 6.92 Å². The van der Waals surface area contributed by atoms with Gasteiger partial charge in [-0.25, -0.2) is 0 Å². The lowest BCUT2D eigenvalue weighted by atomic mass is 10.0. The standard InChI is InChI=1S/C10H11NO2/c1-6(2)10(13)8-5-7(11)3-4-9(8)12/h3-5,12H,1,11H2,2H3. The van der Waals surface area contributed by atoms with E-state index in [0.29, 0.717) is 11.3 Å². The number of anilines is 1. The van der Waals surface area contributed by atoms with E-state index in [9.17, 15) is 9.90 Å². The van der Waals surface area contributed by atoms with Crippen LogP contribution in [0.4, 0.5) is 5.69 Å². The van der Waals surface area contributed by atoms with Crippen molar-refractivity contribution in [3.63, 3.8) is 0 Å². The first-order valence-electron chi connectivity index (χ1n) is 3.81. The highest BCUT2D eigenvalue weighted by Gasteiger charge is 2.11. The summed E-state index contributed by atoms with van der Waals surface area (Å²) in [6.07, 6.45) is 0. The second-order valence-electron chi connectivity index (χ2n) is 2.89. The first kappa shape index (κ1) is 9.32. The van der Waals surface area contributed by atoms with Gasteiger partial charge in [-0.3, -0.25) is 4.79 Å². The van der Waals surface area contributed by atoms with Crippen LogP contribution >= 0.6 is 0 Å². The number of phenols is 1. The van der Waals surface area contributed by atoms with Crippen LogP contribution in [0.25, 0.3) is 0 Å². The summed E-state index contributed by atoms with van der Waals surface area (Å²) in [5.41, 5.74) is 6.50. The highest BCUT2D eigenvalue weighted by molar-refractivity contribution is 6.10. The minimum atomic E-state index is -0.287. The van der Waals surface area contributed by atoms with E-state index < -0.39 is 0 Å². The van der Waals surface area contributed by atoms with Crippen LogP contribution in [0.2, 0.25) is 0 Å². The lowest BCUT2D eigenvalue weighted by Crippen LogP contribution is -2.01. The van der Waals surface area contributed by atoms with Crippen molar-refractivity contribution in [1.82, 2.24) is 0 Å². The predicted molar refractivity (Wildman–Crippen MR) is 51.7 cm³/mol. The van der Waals surface area contributed by atoms with Crippen LogP contribution in [0, 0.1) is 0 Å². The summed E-state index contributed by atoms with van der Waals surface area (Å²) in [6, 6.07) is 4.36.